The Morgan fingerprint density at radius 1 is 1.27 bits per heavy atom. The van der Waals surface area contributed by atoms with Gasteiger partial charge in [-0.3, -0.25) is 4.99 Å². The summed E-state index contributed by atoms with van der Waals surface area (Å²) in [7, 11) is 1.73. The minimum Gasteiger partial charge on any atom is -0.444 e. The molecule has 0 aromatic heterocycles. The van der Waals surface area contributed by atoms with Gasteiger partial charge < -0.3 is 20.7 Å². The molecule has 0 aliphatic rings. The molecule has 0 rings (SSSR count). The van der Waals surface area contributed by atoms with Gasteiger partial charge in [-0.2, -0.15) is 0 Å². The van der Waals surface area contributed by atoms with Gasteiger partial charge in [0.2, 0.25) is 0 Å². The van der Waals surface area contributed by atoms with Crippen molar-refractivity contribution in [1.82, 2.24) is 10.2 Å². The number of carbonyl (C=O) groups is 1. The number of carbonyl (C=O) groups excluding carboxylic acids is 1. The van der Waals surface area contributed by atoms with Gasteiger partial charge in [0.05, 0.1) is 0 Å². The fourth-order valence-electron chi connectivity index (χ4n) is 1.62. The van der Waals surface area contributed by atoms with Gasteiger partial charge >= 0.3 is 6.09 Å². The van der Waals surface area contributed by atoms with Crippen LogP contribution < -0.4 is 11.1 Å². The summed E-state index contributed by atoms with van der Waals surface area (Å²) < 4.78 is 5.31. The molecule has 0 spiro atoms. The third-order valence-corrected chi connectivity index (χ3v) is 2.37. The van der Waals surface area contributed by atoms with Crippen LogP contribution >= 0.6 is 24.0 Å². The highest BCUT2D eigenvalue weighted by atomic mass is 127. The lowest BCUT2D eigenvalue weighted by Gasteiger charge is -2.26. The summed E-state index contributed by atoms with van der Waals surface area (Å²) in [5.74, 6) is 0.622. The lowest BCUT2D eigenvalue weighted by molar-refractivity contribution is 0.0279. The number of nitrogens with one attached hydrogen (secondary N) is 1. The first-order valence-corrected chi connectivity index (χ1v) is 7.32. The molecular formula is C15H33IN4O2. The van der Waals surface area contributed by atoms with E-state index in [1.165, 1.54) is 0 Å². The number of halogens is 1. The van der Waals surface area contributed by atoms with Crippen LogP contribution in [0, 0.1) is 5.92 Å². The molecule has 3 N–H and O–H groups in total. The Kier molecular flexibility index (Phi) is 10.1. The summed E-state index contributed by atoms with van der Waals surface area (Å²) in [6.45, 7) is 14.8. The third kappa shape index (κ3) is 13.0. The SMILES string of the molecule is CC(CN=C(N)NC(C)(C)C)CN(C)C(=O)OC(C)(C)C.I. The zero-order valence-electron chi connectivity index (χ0n) is 15.2. The number of ether oxygens (including phenoxy) is 1. The largest absolute Gasteiger partial charge is 0.444 e. The van der Waals surface area contributed by atoms with E-state index in [4.69, 9.17) is 10.5 Å². The molecule has 1 unspecified atom stereocenters. The molecule has 0 radical (unpaired) electrons. The van der Waals surface area contributed by atoms with Gasteiger partial charge in [0.1, 0.15) is 5.60 Å². The van der Waals surface area contributed by atoms with E-state index in [-0.39, 0.29) is 41.5 Å². The molecule has 0 saturated heterocycles. The number of hydrogen-bond donors (Lipinski definition) is 2. The van der Waals surface area contributed by atoms with E-state index >= 15 is 0 Å². The quantitative estimate of drug-likeness (QED) is 0.410. The molecule has 1 atom stereocenters. The van der Waals surface area contributed by atoms with E-state index in [1.54, 1.807) is 11.9 Å². The summed E-state index contributed by atoms with van der Waals surface area (Å²) in [6.07, 6.45) is -0.320. The summed E-state index contributed by atoms with van der Waals surface area (Å²) in [6, 6.07) is 0. The van der Waals surface area contributed by atoms with Gasteiger partial charge in [0.25, 0.3) is 0 Å². The number of hydrogen-bond acceptors (Lipinski definition) is 3. The Morgan fingerprint density at radius 2 is 1.77 bits per heavy atom. The van der Waals surface area contributed by atoms with Crippen LogP contribution in [0.1, 0.15) is 48.5 Å². The van der Waals surface area contributed by atoms with Gasteiger partial charge in [-0.05, 0) is 47.5 Å². The Hall–Kier alpha value is -0.730. The number of nitrogens with zero attached hydrogens (tertiary/aromatic N) is 2. The second-order valence-electron chi connectivity index (χ2n) is 7.57. The van der Waals surface area contributed by atoms with Crippen molar-refractivity contribution in [1.29, 1.82) is 0 Å². The van der Waals surface area contributed by atoms with Crippen LogP contribution in [0.3, 0.4) is 0 Å². The zero-order valence-corrected chi connectivity index (χ0v) is 17.5. The standard InChI is InChI=1S/C15H32N4O2.HI/c1-11(9-17-12(16)18-14(2,3)4)10-19(8)13(20)21-15(5,6)7;/h11H,9-10H2,1-8H3,(H3,16,17,18);1H. The number of amides is 1. The van der Waals surface area contributed by atoms with Crippen molar-refractivity contribution < 1.29 is 9.53 Å². The molecule has 1 amide bonds. The Bertz CT molecular complexity index is 373. The molecule has 6 nitrogen and oxygen atoms in total. The molecule has 0 saturated carbocycles. The van der Waals surface area contributed by atoms with Crippen molar-refractivity contribution in [3.8, 4) is 0 Å². The highest BCUT2D eigenvalue weighted by molar-refractivity contribution is 14.0. The highest BCUT2D eigenvalue weighted by Crippen LogP contribution is 2.10. The van der Waals surface area contributed by atoms with Crippen LogP contribution in [-0.4, -0.2) is 48.2 Å². The minimum absolute atomic E-state index is 0. The average Bonchev–Trinajstić information content (AvgIpc) is 2.21. The topological polar surface area (TPSA) is 80.0 Å². The summed E-state index contributed by atoms with van der Waals surface area (Å²) in [4.78, 5) is 17.7. The smallest absolute Gasteiger partial charge is 0.410 e. The number of guanidine groups is 1. The molecule has 0 heterocycles. The van der Waals surface area contributed by atoms with Crippen LogP contribution in [-0.2, 0) is 4.74 Å². The minimum atomic E-state index is -0.478. The van der Waals surface area contributed by atoms with Gasteiger partial charge in [-0.25, -0.2) is 4.79 Å². The van der Waals surface area contributed by atoms with E-state index in [1.807, 2.05) is 48.5 Å². The maximum Gasteiger partial charge on any atom is 0.410 e. The Labute approximate surface area is 152 Å². The normalized spacial score (nSPS) is 13.9. The number of rotatable bonds is 4. The first kappa shape index (κ1) is 23.5. The van der Waals surface area contributed by atoms with E-state index < -0.39 is 5.60 Å². The Balaban J connectivity index is 0. The predicted octanol–water partition coefficient (Wildman–Crippen LogP) is 2.81. The predicted molar refractivity (Wildman–Crippen MR) is 103 cm³/mol. The molecule has 22 heavy (non-hydrogen) atoms. The first-order chi connectivity index (χ1) is 9.30. The maximum atomic E-state index is 11.9. The average molecular weight is 428 g/mol. The molecule has 0 aliphatic heterocycles. The molecule has 0 aliphatic carbocycles. The molecule has 0 fully saturated rings. The lowest BCUT2D eigenvalue weighted by atomic mass is 10.1. The molecule has 0 aromatic carbocycles. The van der Waals surface area contributed by atoms with Crippen LogP contribution in [0.2, 0.25) is 0 Å². The second-order valence-corrected chi connectivity index (χ2v) is 7.57. The van der Waals surface area contributed by atoms with Gasteiger partial charge in [0.15, 0.2) is 5.96 Å². The van der Waals surface area contributed by atoms with Crippen molar-refractivity contribution in [2.45, 2.75) is 59.6 Å². The van der Waals surface area contributed by atoms with E-state index in [0.29, 0.717) is 19.0 Å². The number of nitrogens with two attached hydrogens (primary N) is 1. The number of aliphatic imine (C=N–C) groups is 1. The fraction of sp³-hybridized carbons (Fsp3) is 0.867. The molecule has 132 valence electrons. The third-order valence-electron chi connectivity index (χ3n) is 2.37. The van der Waals surface area contributed by atoms with Crippen molar-refractivity contribution in [3.63, 3.8) is 0 Å². The van der Waals surface area contributed by atoms with Crippen LogP contribution in [0.5, 0.6) is 0 Å². The Morgan fingerprint density at radius 3 is 2.18 bits per heavy atom. The van der Waals surface area contributed by atoms with Gasteiger partial charge in [-0.15, -0.1) is 24.0 Å². The zero-order chi connectivity index (χ0) is 16.8. The van der Waals surface area contributed by atoms with E-state index in [0.717, 1.165) is 0 Å². The monoisotopic (exact) mass is 428 g/mol. The van der Waals surface area contributed by atoms with E-state index in [9.17, 15) is 4.79 Å². The van der Waals surface area contributed by atoms with Gasteiger partial charge in [0, 0.05) is 25.7 Å². The maximum absolute atomic E-state index is 11.9. The summed E-state index contributed by atoms with van der Waals surface area (Å²) >= 11 is 0. The summed E-state index contributed by atoms with van der Waals surface area (Å²) in [5, 5.41) is 3.10. The van der Waals surface area contributed by atoms with Crippen LogP contribution in [0.4, 0.5) is 4.79 Å². The molecule has 0 bridgehead atoms. The molecular weight excluding hydrogens is 395 g/mol. The lowest BCUT2D eigenvalue weighted by Crippen LogP contribution is -2.45. The van der Waals surface area contributed by atoms with Crippen molar-refractivity contribution in [2.24, 2.45) is 16.6 Å². The fourth-order valence-corrected chi connectivity index (χ4v) is 1.62. The van der Waals surface area contributed by atoms with Gasteiger partial charge in [-0.1, -0.05) is 6.92 Å². The molecule has 0 aromatic rings. The highest BCUT2D eigenvalue weighted by Gasteiger charge is 2.20. The first-order valence-electron chi connectivity index (χ1n) is 7.32. The van der Waals surface area contributed by atoms with Crippen LogP contribution in [0.15, 0.2) is 4.99 Å². The van der Waals surface area contributed by atoms with Crippen molar-refractivity contribution in [2.75, 3.05) is 20.1 Å². The van der Waals surface area contributed by atoms with Crippen LogP contribution in [0.25, 0.3) is 0 Å². The van der Waals surface area contributed by atoms with Crippen molar-refractivity contribution >= 4 is 36.0 Å². The molecule has 7 heteroatoms. The van der Waals surface area contributed by atoms with E-state index in [2.05, 4.69) is 10.3 Å². The van der Waals surface area contributed by atoms with Crippen molar-refractivity contribution in [3.05, 3.63) is 0 Å². The second kappa shape index (κ2) is 9.42. The summed E-state index contributed by atoms with van der Waals surface area (Å²) in [5.41, 5.74) is 5.23.